The molecule has 0 radical (unpaired) electrons. The first kappa shape index (κ1) is 20.3. The lowest BCUT2D eigenvalue weighted by molar-refractivity contribution is -0.139. The summed E-state index contributed by atoms with van der Waals surface area (Å²) >= 11 is 3.17. The number of carbonyl (C=O) groups excluding carboxylic acids is 2. The molecule has 1 amide bonds. The fraction of sp³-hybridized carbons (Fsp3) is 0.273. The quantitative estimate of drug-likeness (QED) is 0.520. The molecule has 1 atom stereocenters. The molecule has 3 rings (SSSR count). The standard InChI is InChI=1S/C22H21BrFNO3/c1-14-21(22(27)28-11-5-8-15-6-3-2-4-7-15)17(13-20(26)25-14)16-9-10-19(24)18(23)12-16/h2-4,6-7,9-10,12,17H,5,8,11,13H2,1H3,(H,25,26)/t17-/m0/s1. The molecule has 4 nitrogen and oxygen atoms in total. The lowest BCUT2D eigenvalue weighted by Crippen LogP contribution is -2.34. The highest BCUT2D eigenvalue weighted by Crippen LogP contribution is 2.35. The first-order chi connectivity index (χ1) is 13.5. The van der Waals surface area contributed by atoms with Gasteiger partial charge in [0.15, 0.2) is 0 Å². The number of amides is 1. The molecular weight excluding hydrogens is 425 g/mol. The van der Waals surface area contributed by atoms with Gasteiger partial charge < -0.3 is 10.1 Å². The van der Waals surface area contributed by atoms with Gasteiger partial charge in [-0.3, -0.25) is 4.79 Å². The van der Waals surface area contributed by atoms with Crippen LogP contribution in [-0.4, -0.2) is 18.5 Å². The highest BCUT2D eigenvalue weighted by Gasteiger charge is 2.33. The Balaban J connectivity index is 1.70. The number of hydrogen-bond donors (Lipinski definition) is 1. The minimum atomic E-state index is -0.465. The van der Waals surface area contributed by atoms with E-state index in [9.17, 15) is 14.0 Å². The van der Waals surface area contributed by atoms with Gasteiger partial charge in [-0.15, -0.1) is 0 Å². The molecule has 1 aliphatic rings. The van der Waals surface area contributed by atoms with Crippen LogP contribution in [0.5, 0.6) is 0 Å². The Hall–Kier alpha value is -2.47. The van der Waals surface area contributed by atoms with Crippen LogP contribution in [0, 0.1) is 5.82 Å². The number of nitrogens with one attached hydrogen (secondary N) is 1. The Morgan fingerprint density at radius 2 is 2.00 bits per heavy atom. The average Bonchev–Trinajstić information content (AvgIpc) is 2.67. The average molecular weight is 446 g/mol. The number of halogens is 2. The molecule has 28 heavy (non-hydrogen) atoms. The summed E-state index contributed by atoms with van der Waals surface area (Å²) in [5.41, 5.74) is 2.78. The number of carbonyl (C=O) groups is 2. The Kier molecular flexibility index (Phi) is 6.62. The van der Waals surface area contributed by atoms with Crippen molar-refractivity contribution in [3.63, 3.8) is 0 Å². The Morgan fingerprint density at radius 3 is 2.71 bits per heavy atom. The second kappa shape index (κ2) is 9.15. The molecule has 0 unspecified atom stereocenters. The van der Waals surface area contributed by atoms with Crippen LogP contribution in [0.3, 0.4) is 0 Å². The van der Waals surface area contributed by atoms with E-state index >= 15 is 0 Å². The van der Waals surface area contributed by atoms with Gasteiger partial charge >= 0.3 is 5.97 Å². The van der Waals surface area contributed by atoms with Crippen LogP contribution in [0.15, 0.2) is 64.3 Å². The van der Waals surface area contributed by atoms with Crippen LogP contribution >= 0.6 is 15.9 Å². The lowest BCUT2D eigenvalue weighted by atomic mass is 9.84. The zero-order chi connectivity index (χ0) is 20.1. The van der Waals surface area contributed by atoms with Crippen LogP contribution in [0.25, 0.3) is 0 Å². The van der Waals surface area contributed by atoms with Crippen molar-refractivity contribution in [3.05, 3.63) is 81.2 Å². The van der Waals surface area contributed by atoms with Gasteiger partial charge in [0.2, 0.25) is 5.91 Å². The number of aryl methyl sites for hydroxylation is 1. The summed E-state index contributed by atoms with van der Waals surface area (Å²) in [7, 11) is 0. The van der Waals surface area contributed by atoms with Gasteiger partial charge in [0.05, 0.1) is 16.7 Å². The molecule has 0 fully saturated rings. The van der Waals surface area contributed by atoms with Gasteiger partial charge in [0.25, 0.3) is 0 Å². The molecule has 1 aliphatic heterocycles. The third kappa shape index (κ3) is 4.87. The second-order valence-corrected chi connectivity index (χ2v) is 7.60. The molecule has 0 saturated heterocycles. The van der Waals surface area contributed by atoms with E-state index in [1.54, 1.807) is 19.1 Å². The van der Waals surface area contributed by atoms with Crippen molar-refractivity contribution in [1.82, 2.24) is 5.32 Å². The Bertz CT molecular complexity index is 911. The van der Waals surface area contributed by atoms with Gasteiger partial charge in [-0.05, 0) is 59.0 Å². The predicted molar refractivity (Wildman–Crippen MR) is 108 cm³/mol. The van der Waals surface area contributed by atoms with Gasteiger partial charge in [-0.25, -0.2) is 9.18 Å². The second-order valence-electron chi connectivity index (χ2n) is 6.74. The summed E-state index contributed by atoms with van der Waals surface area (Å²) in [5, 5.41) is 2.71. The normalized spacial score (nSPS) is 16.7. The van der Waals surface area contributed by atoms with Gasteiger partial charge in [0, 0.05) is 18.0 Å². The molecule has 0 aromatic heterocycles. The summed E-state index contributed by atoms with van der Waals surface area (Å²) < 4.78 is 19.4. The smallest absolute Gasteiger partial charge is 0.336 e. The Labute approximate surface area is 171 Å². The van der Waals surface area contributed by atoms with Crippen molar-refractivity contribution in [2.75, 3.05) is 6.61 Å². The maximum Gasteiger partial charge on any atom is 0.336 e. The van der Waals surface area contributed by atoms with E-state index < -0.39 is 17.7 Å². The van der Waals surface area contributed by atoms with Crippen molar-refractivity contribution in [3.8, 4) is 0 Å². The zero-order valence-corrected chi connectivity index (χ0v) is 17.1. The molecule has 0 bridgehead atoms. The molecule has 0 spiro atoms. The minimum absolute atomic E-state index is 0.115. The molecule has 0 aliphatic carbocycles. The van der Waals surface area contributed by atoms with E-state index in [0.717, 1.165) is 6.42 Å². The van der Waals surface area contributed by atoms with Crippen LogP contribution in [0.4, 0.5) is 4.39 Å². The number of ether oxygens (including phenoxy) is 1. The first-order valence-electron chi connectivity index (χ1n) is 9.12. The fourth-order valence-electron chi connectivity index (χ4n) is 3.35. The summed E-state index contributed by atoms with van der Waals surface area (Å²) in [6.45, 7) is 1.97. The number of hydrogen-bond acceptors (Lipinski definition) is 3. The minimum Gasteiger partial charge on any atom is -0.462 e. The molecule has 6 heteroatoms. The number of benzene rings is 2. The monoisotopic (exact) mass is 445 g/mol. The van der Waals surface area contributed by atoms with Gasteiger partial charge in [-0.1, -0.05) is 36.4 Å². The number of rotatable bonds is 6. The molecule has 2 aromatic rings. The van der Waals surface area contributed by atoms with Crippen LogP contribution in [0.2, 0.25) is 0 Å². The van der Waals surface area contributed by atoms with E-state index in [0.29, 0.717) is 27.7 Å². The van der Waals surface area contributed by atoms with Crippen molar-refractivity contribution in [2.45, 2.75) is 32.1 Å². The van der Waals surface area contributed by atoms with E-state index in [-0.39, 0.29) is 18.9 Å². The molecule has 2 aromatic carbocycles. The van der Waals surface area contributed by atoms with E-state index in [1.807, 2.05) is 30.3 Å². The topological polar surface area (TPSA) is 55.4 Å². The fourth-order valence-corrected chi connectivity index (χ4v) is 3.75. The van der Waals surface area contributed by atoms with Crippen LogP contribution < -0.4 is 5.32 Å². The van der Waals surface area contributed by atoms with E-state index in [1.165, 1.54) is 11.6 Å². The highest BCUT2D eigenvalue weighted by atomic mass is 79.9. The first-order valence-corrected chi connectivity index (χ1v) is 9.91. The number of allylic oxidation sites excluding steroid dienone is 1. The molecule has 0 saturated carbocycles. The summed E-state index contributed by atoms with van der Waals surface area (Å²) in [6.07, 6.45) is 1.64. The van der Waals surface area contributed by atoms with E-state index in [2.05, 4.69) is 21.2 Å². The maximum atomic E-state index is 13.6. The highest BCUT2D eigenvalue weighted by molar-refractivity contribution is 9.10. The van der Waals surface area contributed by atoms with Gasteiger partial charge in [-0.2, -0.15) is 0 Å². The van der Waals surface area contributed by atoms with Gasteiger partial charge in [0.1, 0.15) is 5.82 Å². The van der Waals surface area contributed by atoms with Crippen LogP contribution in [-0.2, 0) is 20.7 Å². The molecule has 146 valence electrons. The summed E-state index contributed by atoms with van der Waals surface area (Å²) in [5.74, 6) is -1.48. The third-order valence-corrected chi connectivity index (χ3v) is 5.33. The SMILES string of the molecule is CC1=C(C(=O)OCCCc2ccccc2)[C@H](c2ccc(F)c(Br)c2)CC(=O)N1. The van der Waals surface area contributed by atoms with Crippen molar-refractivity contribution in [2.24, 2.45) is 0 Å². The predicted octanol–water partition coefficient (Wildman–Crippen LogP) is 4.64. The van der Waals surface area contributed by atoms with E-state index in [4.69, 9.17) is 4.74 Å². The largest absolute Gasteiger partial charge is 0.462 e. The maximum absolute atomic E-state index is 13.6. The summed E-state index contributed by atoms with van der Waals surface area (Å²) in [4.78, 5) is 24.8. The zero-order valence-electron chi connectivity index (χ0n) is 15.5. The molecular formula is C22H21BrFNO3. The van der Waals surface area contributed by atoms with Crippen LogP contribution in [0.1, 0.15) is 36.8 Å². The van der Waals surface area contributed by atoms with Crippen molar-refractivity contribution >= 4 is 27.8 Å². The molecule has 1 N–H and O–H groups in total. The molecule has 1 heterocycles. The Morgan fingerprint density at radius 1 is 1.25 bits per heavy atom. The summed E-state index contributed by atoms with van der Waals surface area (Å²) in [6, 6.07) is 14.5. The number of esters is 1. The lowest BCUT2D eigenvalue weighted by Gasteiger charge is -2.26. The van der Waals surface area contributed by atoms with Crippen molar-refractivity contribution < 1.29 is 18.7 Å². The van der Waals surface area contributed by atoms with Crippen molar-refractivity contribution in [1.29, 1.82) is 0 Å². The third-order valence-electron chi connectivity index (χ3n) is 4.72.